The number of aliphatic hydroxyl groups is 1. The average molecular weight is 814 g/mol. The lowest BCUT2D eigenvalue weighted by atomic mass is 10.0. The molecule has 296 valence electrons. The first-order valence-corrected chi connectivity index (χ1v) is 18.2. The molecule has 6 rings (SSSR count). The molecule has 2 unspecified atom stereocenters. The monoisotopic (exact) mass is 812 g/mol. The number of halogens is 2. The van der Waals surface area contributed by atoms with Crippen LogP contribution in [0.15, 0.2) is 42.7 Å². The van der Waals surface area contributed by atoms with E-state index < -0.39 is 42.1 Å². The molecule has 2 aliphatic rings. The van der Waals surface area contributed by atoms with E-state index in [9.17, 15) is 29.1 Å². The second kappa shape index (κ2) is 17.9. The van der Waals surface area contributed by atoms with Crippen LogP contribution in [0.25, 0.3) is 5.65 Å². The van der Waals surface area contributed by atoms with E-state index >= 15 is 0 Å². The highest BCUT2D eigenvalue weighted by molar-refractivity contribution is 6.31. The molecule has 1 fully saturated rings. The van der Waals surface area contributed by atoms with E-state index in [1.54, 1.807) is 31.2 Å². The number of urea groups is 1. The Morgan fingerprint density at radius 3 is 2.62 bits per heavy atom. The summed E-state index contributed by atoms with van der Waals surface area (Å²) in [6, 6.07) is 6.39. The quantitative estimate of drug-likeness (QED) is 0.0706. The molecule has 19 nitrogen and oxygen atoms in total. The normalized spacial score (nSPS) is 17.0. The number of benzene rings is 1. The molecule has 0 spiro atoms. The molecule has 3 atom stereocenters. The fourth-order valence-electron chi connectivity index (χ4n) is 6.20. The van der Waals surface area contributed by atoms with E-state index in [1.807, 2.05) is 0 Å². The molecular weight excluding hydrogens is 775 g/mol. The molecule has 0 aliphatic carbocycles. The number of nitrogens with one attached hydrogen (secondary N) is 5. The lowest BCUT2D eigenvalue weighted by Crippen LogP contribution is -2.53. The molecule has 6 N–H and O–H groups in total. The predicted molar refractivity (Wildman–Crippen MR) is 201 cm³/mol. The summed E-state index contributed by atoms with van der Waals surface area (Å²) in [5.74, 6) is -1.79. The van der Waals surface area contributed by atoms with Gasteiger partial charge in [0.05, 0.1) is 54.0 Å². The lowest BCUT2D eigenvalue weighted by Gasteiger charge is -2.31. The molecular formula is C35H38Cl2N10O9. The molecule has 6 amide bonds. The number of hydrogen-bond donors (Lipinski definition) is 6. The van der Waals surface area contributed by atoms with Crippen LogP contribution in [0.4, 0.5) is 21.9 Å². The van der Waals surface area contributed by atoms with Crippen molar-refractivity contribution in [2.24, 2.45) is 0 Å². The zero-order chi connectivity index (χ0) is 39.9. The van der Waals surface area contributed by atoms with E-state index in [2.05, 4.69) is 41.7 Å². The summed E-state index contributed by atoms with van der Waals surface area (Å²) in [4.78, 5) is 72.3. The number of nitrogens with zero attached hydrogens (tertiary/aromatic N) is 5. The van der Waals surface area contributed by atoms with Crippen molar-refractivity contribution in [1.29, 1.82) is 0 Å². The highest BCUT2D eigenvalue weighted by atomic mass is 35.5. The van der Waals surface area contributed by atoms with Crippen LogP contribution in [0, 0.1) is 0 Å². The van der Waals surface area contributed by atoms with E-state index in [0.29, 0.717) is 28.3 Å². The standard InChI is InChI=1S/C35H38Cl2N10O9/c1-18(54-2)30-23(17-40-26-15-25(37)45-47(26)30)43-35(53)42-22-14-19(36)16-41-32(22)56-13-10-39-27(48)8-11-55-12-9-38-21-5-3-4-20-29(21)34(52)46(33(20)51)24-6-7-28(49)44-31(24)50/h3-5,14-18,24,33,38,51H,6-13H2,1-2H3,(H,39,48)(H2,42,43,53)(H,44,49,50)/t18-,24?,33?/m0/s1. The smallest absolute Gasteiger partial charge is 0.323 e. The number of fused-ring (bicyclic) bond motifs is 2. The molecule has 3 aromatic heterocycles. The van der Waals surface area contributed by atoms with Crippen molar-refractivity contribution in [3.8, 4) is 5.88 Å². The van der Waals surface area contributed by atoms with Crippen LogP contribution >= 0.6 is 23.2 Å². The van der Waals surface area contributed by atoms with Gasteiger partial charge in [-0.25, -0.2) is 19.3 Å². The SMILES string of the molecule is CO[C@@H](C)c1c(NC(=O)Nc2cc(Cl)cnc2OCCNC(=O)CCOCCNc2cccc3c2C(=O)N(C2CCC(=O)NC2=O)C3O)cnc2cc(Cl)nn12. The maximum absolute atomic E-state index is 13.3. The topological polar surface area (TPSA) is 240 Å². The number of carbonyl (C=O) groups is 5. The number of rotatable bonds is 16. The van der Waals surface area contributed by atoms with E-state index in [1.165, 1.54) is 30.1 Å². The van der Waals surface area contributed by atoms with Crippen molar-refractivity contribution in [3.05, 3.63) is 69.7 Å². The van der Waals surface area contributed by atoms with Gasteiger partial charge in [0.1, 0.15) is 18.3 Å². The van der Waals surface area contributed by atoms with Gasteiger partial charge in [0.15, 0.2) is 17.0 Å². The average Bonchev–Trinajstić information content (AvgIpc) is 3.67. The zero-order valence-electron chi connectivity index (χ0n) is 30.1. The van der Waals surface area contributed by atoms with Crippen LogP contribution in [-0.2, 0) is 23.9 Å². The van der Waals surface area contributed by atoms with Gasteiger partial charge < -0.3 is 40.6 Å². The van der Waals surface area contributed by atoms with Gasteiger partial charge in [-0.15, -0.1) is 0 Å². The van der Waals surface area contributed by atoms with Crippen molar-refractivity contribution in [3.63, 3.8) is 0 Å². The first-order valence-electron chi connectivity index (χ1n) is 17.4. The Morgan fingerprint density at radius 1 is 1.04 bits per heavy atom. The number of anilines is 3. The van der Waals surface area contributed by atoms with Crippen LogP contribution in [0.1, 0.15) is 60.1 Å². The van der Waals surface area contributed by atoms with E-state index in [-0.39, 0.29) is 85.4 Å². The van der Waals surface area contributed by atoms with Crippen LogP contribution < -0.4 is 31.3 Å². The number of carbonyl (C=O) groups excluding carboxylic acids is 5. The van der Waals surface area contributed by atoms with Gasteiger partial charge in [-0.1, -0.05) is 35.3 Å². The summed E-state index contributed by atoms with van der Waals surface area (Å²) < 4.78 is 18.3. The second-order valence-corrected chi connectivity index (χ2v) is 13.4. The number of pyridine rings is 1. The minimum atomic E-state index is -1.33. The number of aliphatic hydroxyl groups excluding tert-OH is 1. The molecule has 0 bridgehead atoms. The maximum Gasteiger partial charge on any atom is 0.323 e. The van der Waals surface area contributed by atoms with Crippen LogP contribution in [0.5, 0.6) is 5.88 Å². The summed E-state index contributed by atoms with van der Waals surface area (Å²) in [6.07, 6.45) is 1.25. The molecule has 5 heterocycles. The Balaban J connectivity index is 0.917. The third kappa shape index (κ3) is 9.09. The van der Waals surface area contributed by atoms with Crippen molar-refractivity contribution < 1.29 is 43.3 Å². The van der Waals surface area contributed by atoms with E-state index in [0.717, 1.165) is 4.90 Å². The Bertz CT molecular complexity index is 2150. The third-order valence-electron chi connectivity index (χ3n) is 8.87. The van der Waals surface area contributed by atoms with Gasteiger partial charge in [-0.3, -0.25) is 29.4 Å². The lowest BCUT2D eigenvalue weighted by molar-refractivity contribution is -0.139. The predicted octanol–water partition coefficient (Wildman–Crippen LogP) is 3.05. The number of imide groups is 1. The van der Waals surface area contributed by atoms with Gasteiger partial charge in [-0.2, -0.15) is 5.10 Å². The minimum Gasteiger partial charge on any atom is -0.474 e. The molecule has 2 aliphatic heterocycles. The molecule has 21 heteroatoms. The number of ether oxygens (including phenoxy) is 3. The third-order valence-corrected chi connectivity index (χ3v) is 9.27. The van der Waals surface area contributed by atoms with Crippen molar-refractivity contribution in [2.45, 2.75) is 44.6 Å². The Kier molecular flexibility index (Phi) is 12.8. The number of piperidine rings is 1. The van der Waals surface area contributed by atoms with Gasteiger partial charge in [0.2, 0.25) is 23.6 Å². The molecule has 56 heavy (non-hydrogen) atoms. The minimum absolute atomic E-state index is 0.0212. The van der Waals surface area contributed by atoms with Gasteiger partial charge >= 0.3 is 6.03 Å². The Hall–Kier alpha value is -5.60. The summed E-state index contributed by atoms with van der Waals surface area (Å²) >= 11 is 12.2. The number of aromatic nitrogens is 4. The number of amides is 6. The Morgan fingerprint density at radius 2 is 1.84 bits per heavy atom. The summed E-state index contributed by atoms with van der Waals surface area (Å²) in [5, 5.41) is 29.0. The van der Waals surface area contributed by atoms with Crippen molar-refractivity contribution in [1.82, 2.24) is 35.1 Å². The molecule has 4 aromatic rings. The maximum atomic E-state index is 13.3. The second-order valence-electron chi connectivity index (χ2n) is 12.6. The van der Waals surface area contributed by atoms with Crippen LogP contribution in [0.2, 0.25) is 10.2 Å². The van der Waals surface area contributed by atoms with Gasteiger partial charge in [-0.05, 0) is 25.5 Å². The van der Waals surface area contributed by atoms with Crippen LogP contribution in [0.3, 0.4) is 0 Å². The van der Waals surface area contributed by atoms with Gasteiger partial charge in [0, 0.05) is 50.0 Å². The van der Waals surface area contributed by atoms with Crippen molar-refractivity contribution in [2.75, 3.05) is 56.0 Å². The Labute approximate surface area is 329 Å². The van der Waals surface area contributed by atoms with Crippen LogP contribution in [-0.4, -0.2) is 105 Å². The summed E-state index contributed by atoms with van der Waals surface area (Å²) in [5.41, 5.74) is 2.53. The number of hydrogen-bond acceptors (Lipinski definition) is 13. The van der Waals surface area contributed by atoms with E-state index in [4.69, 9.17) is 37.4 Å². The highest BCUT2D eigenvalue weighted by Crippen LogP contribution is 2.38. The summed E-state index contributed by atoms with van der Waals surface area (Å²) in [6.45, 7) is 2.53. The van der Waals surface area contributed by atoms with Crippen molar-refractivity contribution >= 4 is 75.6 Å². The van der Waals surface area contributed by atoms with Gasteiger partial charge in [0.25, 0.3) is 5.91 Å². The fraction of sp³-hybridized carbons (Fsp3) is 0.371. The largest absolute Gasteiger partial charge is 0.474 e. The molecule has 1 aromatic carbocycles. The molecule has 1 saturated heterocycles. The first-order chi connectivity index (χ1) is 26.9. The number of methoxy groups -OCH3 is 1. The first kappa shape index (κ1) is 40.1. The molecule has 0 radical (unpaired) electrons. The molecule has 0 saturated carbocycles. The summed E-state index contributed by atoms with van der Waals surface area (Å²) in [7, 11) is 1.52. The highest BCUT2D eigenvalue weighted by Gasteiger charge is 2.45. The zero-order valence-corrected chi connectivity index (χ0v) is 31.6. The fourth-order valence-corrected chi connectivity index (χ4v) is 6.53.